The van der Waals surface area contributed by atoms with Crippen LogP contribution in [0.5, 0.6) is 0 Å². The minimum atomic E-state index is 0.0101. The lowest BCUT2D eigenvalue weighted by Gasteiger charge is -2.05. The number of nitrogens with two attached hydrogens (primary N) is 1. The molecule has 0 fully saturated rings. The highest BCUT2D eigenvalue weighted by Gasteiger charge is 2.02. The highest BCUT2D eigenvalue weighted by molar-refractivity contribution is 9.10. The van der Waals surface area contributed by atoms with Gasteiger partial charge >= 0.3 is 0 Å². The van der Waals surface area contributed by atoms with Crippen molar-refractivity contribution in [3.63, 3.8) is 0 Å². The number of aromatic nitrogens is 3. The molecule has 2 heterocycles. The lowest BCUT2D eigenvalue weighted by molar-refractivity contribution is 0.797. The lowest BCUT2D eigenvalue weighted by atomic mass is 10.2. The van der Waals surface area contributed by atoms with Crippen LogP contribution in [0.25, 0.3) is 5.82 Å². The SMILES string of the molecule is CC(N)c1ccc(-n2cc(Br)cn2)nc1. The molecule has 1 atom stereocenters. The first-order valence-electron chi connectivity index (χ1n) is 4.59. The van der Waals surface area contributed by atoms with Crippen LogP contribution in [0.2, 0.25) is 0 Å². The summed E-state index contributed by atoms with van der Waals surface area (Å²) in [5, 5.41) is 4.14. The van der Waals surface area contributed by atoms with Crippen LogP contribution in [-0.2, 0) is 0 Å². The van der Waals surface area contributed by atoms with Gasteiger partial charge in [-0.1, -0.05) is 6.07 Å². The Kier molecular flexibility index (Phi) is 2.83. The van der Waals surface area contributed by atoms with Crippen LogP contribution in [-0.4, -0.2) is 14.8 Å². The van der Waals surface area contributed by atoms with E-state index < -0.39 is 0 Å². The molecule has 1 unspecified atom stereocenters. The normalized spacial score (nSPS) is 12.7. The highest BCUT2D eigenvalue weighted by atomic mass is 79.9. The molecule has 0 spiro atoms. The van der Waals surface area contributed by atoms with Crippen LogP contribution in [0.4, 0.5) is 0 Å². The molecule has 2 rings (SSSR count). The van der Waals surface area contributed by atoms with Crippen molar-refractivity contribution >= 4 is 15.9 Å². The van der Waals surface area contributed by atoms with E-state index in [0.29, 0.717) is 0 Å². The first kappa shape index (κ1) is 10.3. The molecule has 0 aliphatic heterocycles. The molecule has 0 bridgehead atoms. The Morgan fingerprint density at radius 1 is 1.40 bits per heavy atom. The summed E-state index contributed by atoms with van der Waals surface area (Å²) in [6.07, 6.45) is 5.35. The summed E-state index contributed by atoms with van der Waals surface area (Å²) in [6.45, 7) is 1.93. The molecule has 5 heteroatoms. The molecule has 2 N–H and O–H groups in total. The van der Waals surface area contributed by atoms with Crippen molar-refractivity contribution in [2.75, 3.05) is 0 Å². The van der Waals surface area contributed by atoms with Crippen LogP contribution in [0.1, 0.15) is 18.5 Å². The Morgan fingerprint density at radius 2 is 2.20 bits per heavy atom. The van der Waals surface area contributed by atoms with Crippen molar-refractivity contribution in [3.05, 3.63) is 40.8 Å². The maximum Gasteiger partial charge on any atom is 0.153 e. The van der Waals surface area contributed by atoms with E-state index in [1.807, 2.05) is 25.3 Å². The zero-order chi connectivity index (χ0) is 10.8. The Labute approximate surface area is 96.3 Å². The molecular formula is C10H11BrN4. The van der Waals surface area contributed by atoms with Crippen LogP contribution in [0.3, 0.4) is 0 Å². The van der Waals surface area contributed by atoms with Crippen molar-refractivity contribution in [2.45, 2.75) is 13.0 Å². The molecule has 15 heavy (non-hydrogen) atoms. The zero-order valence-electron chi connectivity index (χ0n) is 8.26. The summed E-state index contributed by atoms with van der Waals surface area (Å²) in [6, 6.07) is 3.87. The Morgan fingerprint density at radius 3 is 2.67 bits per heavy atom. The number of nitrogens with zero attached hydrogens (tertiary/aromatic N) is 3. The largest absolute Gasteiger partial charge is 0.324 e. The molecule has 0 aliphatic carbocycles. The lowest BCUT2D eigenvalue weighted by Crippen LogP contribution is -2.06. The van der Waals surface area contributed by atoms with Gasteiger partial charge in [0, 0.05) is 18.4 Å². The molecule has 2 aromatic rings. The average Bonchev–Trinajstić information content (AvgIpc) is 2.65. The Balaban J connectivity index is 2.31. The van der Waals surface area contributed by atoms with E-state index in [4.69, 9.17) is 5.73 Å². The number of pyridine rings is 1. The highest BCUT2D eigenvalue weighted by Crippen LogP contribution is 2.13. The second-order valence-electron chi connectivity index (χ2n) is 3.34. The fourth-order valence-corrected chi connectivity index (χ4v) is 1.51. The van der Waals surface area contributed by atoms with Gasteiger partial charge in [0.05, 0.1) is 10.7 Å². The monoisotopic (exact) mass is 266 g/mol. The van der Waals surface area contributed by atoms with Gasteiger partial charge in [-0.15, -0.1) is 0 Å². The number of rotatable bonds is 2. The average molecular weight is 267 g/mol. The molecule has 2 aromatic heterocycles. The van der Waals surface area contributed by atoms with Crippen molar-refractivity contribution in [1.82, 2.24) is 14.8 Å². The van der Waals surface area contributed by atoms with Crippen LogP contribution in [0, 0.1) is 0 Å². The first-order valence-corrected chi connectivity index (χ1v) is 5.38. The van der Waals surface area contributed by atoms with E-state index in [1.54, 1.807) is 17.1 Å². The van der Waals surface area contributed by atoms with Crippen LogP contribution < -0.4 is 5.73 Å². The number of hydrogen-bond acceptors (Lipinski definition) is 3. The Bertz CT molecular complexity index is 447. The first-order chi connectivity index (χ1) is 7.16. The molecule has 0 aromatic carbocycles. The summed E-state index contributed by atoms with van der Waals surface area (Å²) < 4.78 is 2.63. The van der Waals surface area contributed by atoms with E-state index in [2.05, 4.69) is 26.0 Å². The third-order valence-corrected chi connectivity index (χ3v) is 2.49. The molecular weight excluding hydrogens is 256 g/mol. The minimum absolute atomic E-state index is 0.0101. The number of hydrogen-bond donors (Lipinski definition) is 1. The van der Waals surface area contributed by atoms with Crippen molar-refractivity contribution in [3.8, 4) is 5.82 Å². The molecule has 0 saturated heterocycles. The zero-order valence-corrected chi connectivity index (χ0v) is 9.85. The molecule has 0 saturated carbocycles. The summed E-state index contributed by atoms with van der Waals surface area (Å²) >= 11 is 3.34. The summed E-state index contributed by atoms with van der Waals surface area (Å²) in [7, 11) is 0. The minimum Gasteiger partial charge on any atom is -0.324 e. The quantitative estimate of drug-likeness (QED) is 0.905. The van der Waals surface area contributed by atoms with Crippen molar-refractivity contribution in [1.29, 1.82) is 0 Å². The second-order valence-corrected chi connectivity index (χ2v) is 4.26. The van der Waals surface area contributed by atoms with Gasteiger partial charge in [0.1, 0.15) is 0 Å². The van der Waals surface area contributed by atoms with Crippen LogP contribution in [0.15, 0.2) is 35.2 Å². The molecule has 4 nitrogen and oxygen atoms in total. The predicted molar refractivity (Wildman–Crippen MR) is 61.7 cm³/mol. The standard InChI is InChI=1S/C10H11BrN4/c1-7(12)8-2-3-10(13-4-8)15-6-9(11)5-14-15/h2-7H,12H2,1H3. The molecule has 0 aliphatic rings. The predicted octanol–water partition coefficient (Wildman–Crippen LogP) is 2.05. The van der Waals surface area contributed by atoms with Gasteiger partial charge in [-0.05, 0) is 34.5 Å². The number of halogens is 1. The summed E-state index contributed by atoms with van der Waals surface area (Å²) in [5.74, 6) is 0.783. The molecule has 0 amide bonds. The fraction of sp³-hybridized carbons (Fsp3) is 0.200. The topological polar surface area (TPSA) is 56.7 Å². The van der Waals surface area contributed by atoms with Crippen molar-refractivity contribution < 1.29 is 0 Å². The van der Waals surface area contributed by atoms with Gasteiger partial charge in [0.2, 0.25) is 0 Å². The van der Waals surface area contributed by atoms with Gasteiger partial charge in [-0.3, -0.25) is 0 Å². The Hall–Kier alpha value is -1.20. The smallest absolute Gasteiger partial charge is 0.153 e. The summed E-state index contributed by atoms with van der Waals surface area (Å²) in [4.78, 5) is 4.28. The summed E-state index contributed by atoms with van der Waals surface area (Å²) in [5.41, 5.74) is 6.76. The fourth-order valence-electron chi connectivity index (χ4n) is 1.23. The van der Waals surface area contributed by atoms with E-state index >= 15 is 0 Å². The van der Waals surface area contributed by atoms with Crippen LogP contribution >= 0.6 is 15.9 Å². The van der Waals surface area contributed by atoms with Gasteiger partial charge < -0.3 is 5.73 Å². The van der Waals surface area contributed by atoms with E-state index in [0.717, 1.165) is 15.9 Å². The molecule has 78 valence electrons. The van der Waals surface area contributed by atoms with Gasteiger partial charge in [0.25, 0.3) is 0 Å². The third kappa shape index (κ3) is 2.24. The maximum absolute atomic E-state index is 5.74. The third-order valence-electron chi connectivity index (χ3n) is 2.08. The second kappa shape index (κ2) is 4.12. The van der Waals surface area contributed by atoms with E-state index in [1.165, 1.54) is 0 Å². The van der Waals surface area contributed by atoms with Gasteiger partial charge in [-0.2, -0.15) is 5.10 Å². The van der Waals surface area contributed by atoms with E-state index in [9.17, 15) is 0 Å². The maximum atomic E-state index is 5.74. The van der Waals surface area contributed by atoms with Crippen molar-refractivity contribution in [2.24, 2.45) is 5.73 Å². The molecule has 0 radical (unpaired) electrons. The van der Waals surface area contributed by atoms with Gasteiger partial charge in [0.15, 0.2) is 5.82 Å². The van der Waals surface area contributed by atoms with Gasteiger partial charge in [-0.25, -0.2) is 9.67 Å². The van der Waals surface area contributed by atoms with E-state index in [-0.39, 0.29) is 6.04 Å².